The molecule has 0 radical (unpaired) electrons. The highest BCUT2D eigenvalue weighted by Crippen LogP contribution is 2.32. The fourth-order valence-electron chi connectivity index (χ4n) is 2.49. The highest BCUT2D eigenvalue weighted by Gasteiger charge is 2.34. The molecule has 1 fully saturated rings. The van der Waals surface area contributed by atoms with E-state index in [1.807, 2.05) is 32.0 Å². The minimum absolute atomic E-state index is 0.205. The van der Waals surface area contributed by atoms with Crippen LogP contribution < -0.4 is 4.31 Å². The predicted octanol–water partition coefficient (Wildman–Crippen LogP) is 2.49. The average Bonchev–Trinajstić information content (AvgIpc) is 2.35. The summed E-state index contributed by atoms with van der Waals surface area (Å²) in [5.74, 6) is 0.426. The fourth-order valence-corrected chi connectivity index (χ4v) is 4.02. The maximum absolute atomic E-state index is 12.4. The van der Waals surface area contributed by atoms with Crippen LogP contribution in [-0.4, -0.2) is 34.4 Å². The number of aryl methyl sites for hydroxylation is 2. The molecule has 1 aliphatic rings. The molecule has 0 unspecified atom stereocenters. The number of hydrogen-bond donors (Lipinski definition) is 0. The zero-order valence-corrected chi connectivity index (χ0v) is 13.4. The van der Waals surface area contributed by atoms with Crippen molar-refractivity contribution < 1.29 is 13.2 Å². The SMILES string of the molecule is COC1CC(CS(=O)(=O)N(C)c2ccc(C)c(C)c2)C1. The number of methoxy groups -OCH3 is 1. The molecule has 0 N–H and O–H groups in total. The molecule has 20 heavy (non-hydrogen) atoms. The van der Waals surface area contributed by atoms with Crippen LogP contribution in [0, 0.1) is 19.8 Å². The summed E-state index contributed by atoms with van der Waals surface area (Å²) in [5.41, 5.74) is 3.00. The van der Waals surface area contributed by atoms with E-state index in [1.165, 1.54) is 9.87 Å². The van der Waals surface area contributed by atoms with Crippen molar-refractivity contribution in [2.24, 2.45) is 5.92 Å². The van der Waals surface area contributed by atoms with Crippen LogP contribution in [0.1, 0.15) is 24.0 Å². The highest BCUT2D eigenvalue weighted by molar-refractivity contribution is 7.92. The summed E-state index contributed by atoms with van der Waals surface area (Å²) in [6, 6.07) is 5.74. The van der Waals surface area contributed by atoms with E-state index in [0.29, 0.717) is 0 Å². The van der Waals surface area contributed by atoms with Crippen molar-refractivity contribution in [1.29, 1.82) is 0 Å². The van der Waals surface area contributed by atoms with E-state index >= 15 is 0 Å². The number of nitrogens with zero attached hydrogens (tertiary/aromatic N) is 1. The van der Waals surface area contributed by atoms with Gasteiger partial charge in [-0.1, -0.05) is 6.07 Å². The van der Waals surface area contributed by atoms with Gasteiger partial charge in [0.25, 0.3) is 0 Å². The maximum Gasteiger partial charge on any atom is 0.235 e. The molecular formula is C15H23NO3S. The van der Waals surface area contributed by atoms with Crippen molar-refractivity contribution in [2.45, 2.75) is 32.8 Å². The second-order valence-corrected chi connectivity index (χ2v) is 7.75. The van der Waals surface area contributed by atoms with Crippen molar-refractivity contribution in [3.05, 3.63) is 29.3 Å². The Morgan fingerprint density at radius 2 is 1.90 bits per heavy atom. The molecule has 0 aromatic heterocycles. The van der Waals surface area contributed by atoms with E-state index in [-0.39, 0.29) is 17.8 Å². The lowest BCUT2D eigenvalue weighted by Gasteiger charge is -2.35. The Morgan fingerprint density at radius 3 is 2.45 bits per heavy atom. The fraction of sp³-hybridized carbons (Fsp3) is 0.600. The number of rotatable bonds is 5. The molecule has 2 rings (SSSR count). The van der Waals surface area contributed by atoms with Gasteiger partial charge in [-0.15, -0.1) is 0 Å². The Balaban J connectivity index is 2.07. The molecule has 0 atom stereocenters. The van der Waals surface area contributed by atoms with Crippen LogP contribution in [0.15, 0.2) is 18.2 Å². The lowest BCUT2D eigenvalue weighted by atomic mass is 9.84. The van der Waals surface area contributed by atoms with Crippen molar-refractivity contribution in [3.63, 3.8) is 0 Å². The van der Waals surface area contributed by atoms with Gasteiger partial charge in [-0.25, -0.2) is 8.42 Å². The summed E-state index contributed by atoms with van der Waals surface area (Å²) in [6.07, 6.45) is 1.93. The Bertz CT molecular complexity index is 577. The van der Waals surface area contributed by atoms with Crippen molar-refractivity contribution >= 4 is 15.7 Å². The van der Waals surface area contributed by atoms with Crippen LogP contribution >= 0.6 is 0 Å². The lowest BCUT2D eigenvalue weighted by molar-refractivity contribution is 0.00856. The predicted molar refractivity (Wildman–Crippen MR) is 81.6 cm³/mol. The summed E-state index contributed by atoms with van der Waals surface area (Å²) in [6.45, 7) is 4.02. The molecule has 1 saturated carbocycles. The number of ether oxygens (including phenoxy) is 1. The topological polar surface area (TPSA) is 46.6 Å². The molecule has 0 spiro atoms. The first-order valence-electron chi connectivity index (χ1n) is 6.90. The monoisotopic (exact) mass is 297 g/mol. The first kappa shape index (κ1) is 15.3. The normalized spacial score (nSPS) is 22.4. The zero-order valence-electron chi connectivity index (χ0n) is 12.6. The van der Waals surface area contributed by atoms with E-state index in [9.17, 15) is 8.42 Å². The largest absolute Gasteiger partial charge is 0.381 e. The molecule has 112 valence electrons. The zero-order chi connectivity index (χ0) is 14.9. The van der Waals surface area contributed by atoms with Gasteiger partial charge in [0.1, 0.15) is 0 Å². The van der Waals surface area contributed by atoms with Crippen LogP contribution in [0.5, 0.6) is 0 Å². The molecule has 0 saturated heterocycles. The third-order valence-electron chi connectivity index (χ3n) is 4.24. The summed E-state index contributed by atoms with van der Waals surface area (Å²) < 4.78 is 31.4. The van der Waals surface area contributed by atoms with Gasteiger partial charge in [-0.05, 0) is 55.9 Å². The first-order chi connectivity index (χ1) is 9.33. The molecule has 1 aromatic rings. The molecule has 0 heterocycles. The second-order valence-electron chi connectivity index (χ2n) is 5.71. The average molecular weight is 297 g/mol. The van der Waals surface area contributed by atoms with Crippen molar-refractivity contribution in [3.8, 4) is 0 Å². The van der Waals surface area contributed by atoms with Crippen LogP contribution in [0.3, 0.4) is 0 Å². The second kappa shape index (κ2) is 5.74. The molecule has 0 aliphatic heterocycles. The molecular weight excluding hydrogens is 274 g/mol. The molecule has 4 nitrogen and oxygen atoms in total. The highest BCUT2D eigenvalue weighted by atomic mass is 32.2. The van der Waals surface area contributed by atoms with Gasteiger partial charge in [-0.2, -0.15) is 0 Å². The number of sulfonamides is 1. The van der Waals surface area contributed by atoms with Gasteiger partial charge in [-0.3, -0.25) is 4.31 Å². The van der Waals surface area contributed by atoms with E-state index in [4.69, 9.17) is 4.74 Å². The standard InChI is InChI=1S/C15H23NO3S/c1-11-5-6-14(7-12(11)2)16(3)20(17,18)10-13-8-15(9-13)19-4/h5-7,13,15H,8-10H2,1-4H3. The van der Waals surface area contributed by atoms with Crippen LogP contribution in [0.2, 0.25) is 0 Å². The Hall–Kier alpha value is -1.07. The summed E-state index contributed by atoms with van der Waals surface area (Å²) in [7, 11) is 0.0511. The van der Waals surface area contributed by atoms with Crippen molar-refractivity contribution in [1.82, 2.24) is 0 Å². The van der Waals surface area contributed by atoms with Gasteiger partial charge in [0.05, 0.1) is 17.5 Å². The van der Waals surface area contributed by atoms with Gasteiger partial charge in [0, 0.05) is 14.2 Å². The van der Waals surface area contributed by atoms with E-state index in [1.54, 1.807) is 14.2 Å². The molecule has 1 aliphatic carbocycles. The minimum atomic E-state index is -3.26. The van der Waals surface area contributed by atoms with Gasteiger partial charge < -0.3 is 4.74 Å². The van der Waals surface area contributed by atoms with Crippen LogP contribution in [-0.2, 0) is 14.8 Å². The van der Waals surface area contributed by atoms with Crippen LogP contribution in [0.4, 0.5) is 5.69 Å². The van der Waals surface area contributed by atoms with Gasteiger partial charge in [0.2, 0.25) is 10.0 Å². The molecule has 0 amide bonds. The first-order valence-corrected chi connectivity index (χ1v) is 8.51. The molecule has 1 aromatic carbocycles. The Kier molecular flexibility index (Phi) is 4.39. The third-order valence-corrected chi connectivity index (χ3v) is 6.18. The number of hydrogen-bond acceptors (Lipinski definition) is 3. The quantitative estimate of drug-likeness (QED) is 0.839. The van der Waals surface area contributed by atoms with E-state index in [0.717, 1.165) is 24.1 Å². The van der Waals surface area contributed by atoms with E-state index in [2.05, 4.69) is 0 Å². The van der Waals surface area contributed by atoms with Gasteiger partial charge in [0.15, 0.2) is 0 Å². The summed E-state index contributed by atoms with van der Waals surface area (Å²) in [5, 5.41) is 0. The van der Waals surface area contributed by atoms with Gasteiger partial charge >= 0.3 is 0 Å². The van der Waals surface area contributed by atoms with E-state index < -0.39 is 10.0 Å². The Morgan fingerprint density at radius 1 is 1.25 bits per heavy atom. The van der Waals surface area contributed by atoms with Crippen molar-refractivity contribution in [2.75, 3.05) is 24.2 Å². The Labute approximate surface area is 121 Å². The summed E-state index contributed by atoms with van der Waals surface area (Å²) in [4.78, 5) is 0. The van der Waals surface area contributed by atoms with Crippen LogP contribution in [0.25, 0.3) is 0 Å². The molecule has 0 bridgehead atoms. The maximum atomic E-state index is 12.4. The lowest BCUT2D eigenvalue weighted by Crippen LogP contribution is -2.39. The summed E-state index contributed by atoms with van der Waals surface area (Å²) >= 11 is 0. The smallest absolute Gasteiger partial charge is 0.235 e. The third kappa shape index (κ3) is 3.15. The number of benzene rings is 1. The minimum Gasteiger partial charge on any atom is -0.381 e. The number of anilines is 1. The molecule has 5 heteroatoms.